The van der Waals surface area contributed by atoms with E-state index in [0.717, 1.165) is 0 Å². The van der Waals surface area contributed by atoms with Crippen LogP contribution in [-0.4, -0.2) is 29.4 Å². The van der Waals surface area contributed by atoms with Crippen LogP contribution < -0.4 is 10.5 Å². The average molecular weight is 393 g/mol. The molecule has 9 heteroatoms. The third-order valence-corrected chi connectivity index (χ3v) is 4.82. The minimum Gasteiger partial charge on any atom is -0.489 e. The van der Waals surface area contributed by atoms with E-state index in [0.29, 0.717) is 16.3 Å². The average Bonchev–Trinajstić information content (AvgIpc) is 2.51. The van der Waals surface area contributed by atoms with Gasteiger partial charge in [-0.15, -0.1) is 0 Å². The van der Waals surface area contributed by atoms with E-state index in [9.17, 15) is 13.2 Å². The maximum absolute atomic E-state index is 10.6. The molecular weight excluding hydrogens is 373 g/mol. The summed E-state index contributed by atoms with van der Waals surface area (Å²) < 4.78 is 37.8. The zero-order valence-electron chi connectivity index (χ0n) is 14.7. The van der Waals surface area contributed by atoms with Gasteiger partial charge in [-0.25, -0.2) is 4.79 Å². The first-order valence-electron chi connectivity index (χ1n) is 7.57. The van der Waals surface area contributed by atoms with Crippen LogP contribution in [0.4, 0.5) is 13.2 Å². The number of carbonyl (C=O) groups is 1. The highest BCUT2D eigenvalue weighted by Crippen LogP contribution is 2.54. The second kappa shape index (κ2) is 7.33. The molecule has 1 saturated carbocycles. The molecule has 144 valence electrons. The largest absolute Gasteiger partial charge is 0.490 e. The van der Waals surface area contributed by atoms with Crippen molar-refractivity contribution < 1.29 is 27.8 Å². The van der Waals surface area contributed by atoms with Crippen LogP contribution in [0.15, 0.2) is 18.2 Å². The third kappa shape index (κ3) is 4.40. The predicted octanol–water partition coefficient (Wildman–Crippen LogP) is 3.99. The highest BCUT2D eigenvalue weighted by atomic mass is 35.5. The molecule has 1 aromatic rings. The van der Waals surface area contributed by atoms with Gasteiger partial charge in [0.15, 0.2) is 0 Å². The van der Waals surface area contributed by atoms with Crippen LogP contribution in [0, 0.1) is 22.2 Å². The number of nitrogens with two attached hydrogens (primary N) is 1. The minimum absolute atomic E-state index is 0.0269. The van der Waals surface area contributed by atoms with Crippen molar-refractivity contribution in [3.8, 4) is 11.8 Å². The Morgan fingerprint density at radius 3 is 2.12 bits per heavy atom. The molecule has 0 atom stereocenters. The number of rotatable bonds is 2. The molecule has 1 fully saturated rings. The molecule has 5 nitrogen and oxygen atoms in total. The summed E-state index contributed by atoms with van der Waals surface area (Å²) in [5.41, 5.74) is 6.50. The van der Waals surface area contributed by atoms with Crippen molar-refractivity contribution in [3.05, 3.63) is 28.8 Å². The molecule has 0 heterocycles. The molecule has 0 aliphatic heterocycles. The van der Waals surface area contributed by atoms with Crippen LogP contribution in [0.5, 0.6) is 5.75 Å². The Morgan fingerprint density at radius 1 is 1.31 bits per heavy atom. The maximum Gasteiger partial charge on any atom is 0.490 e. The molecule has 1 aliphatic carbocycles. The van der Waals surface area contributed by atoms with Gasteiger partial charge in [0.1, 0.15) is 17.9 Å². The molecule has 0 aromatic heterocycles. The van der Waals surface area contributed by atoms with Gasteiger partial charge in [-0.05, 0) is 12.1 Å². The van der Waals surface area contributed by atoms with E-state index in [2.05, 4.69) is 27.7 Å². The fourth-order valence-corrected chi connectivity index (χ4v) is 3.46. The lowest BCUT2D eigenvalue weighted by Crippen LogP contribution is -2.72. The van der Waals surface area contributed by atoms with Crippen molar-refractivity contribution in [1.82, 2.24) is 0 Å². The zero-order chi connectivity index (χ0) is 20.5. The number of carboxylic acids is 1. The van der Waals surface area contributed by atoms with Crippen LogP contribution in [0.1, 0.15) is 33.3 Å². The Kier molecular flexibility index (Phi) is 6.22. The first-order valence-corrected chi connectivity index (χ1v) is 7.95. The number of halogens is 4. The van der Waals surface area contributed by atoms with Crippen molar-refractivity contribution in [1.29, 1.82) is 5.26 Å². The Morgan fingerprint density at radius 2 is 1.77 bits per heavy atom. The summed E-state index contributed by atoms with van der Waals surface area (Å²) in [5, 5.41) is 16.4. The number of hydrogen-bond acceptors (Lipinski definition) is 4. The molecule has 0 bridgehead atoms. The number of alkyl halides is 3. The molecule has 1 aliphatic rings. The normalized spacial score (nSPS) is 22.9. The summed E-state index contributed by atoms with van der Waals surface area (Å²) in [5.74, 6) is -2.07. The molecule has 2 rings (SSSR count). The lowest BCUT2D eigenvalue weighted by Gasteiger charge is -2.61. The van der Waals surface area contributed by atoms with Gasteiger partial charge in [-0.3, -0.25) is 0 Å². The minimum atomic E-state index is -5.08. The van der Waals surface area contributed by atoms with E-state index in [4.69, 9.17) is 37.2 Å². The number of benzene rings is 1. The maximum atomic E-state index is 10.6. The lowest BCUT2D eigenvalue weighted by molar-refractivity contribution is -0.192. The molecular formula is C17H20ClF3N2O3. The van der Waals surface area contributed by atoms with Gasteiger partial charge in [0.25, 0.3) is 0 Å². The summed E-state index contributed by atoms with van der Waals surface area (Å²) in [6, 6.07) is 7.28. The molecule has 0 radical (unpaired) electrons. The number of ether oxygens (including phenoxy) is 1. The standard InChI is InChI=1S/C15H19ClN2O.C2HF3O2/c1-14(2)12(18)15(3,4)13(14)19-10-6-5-9(8-17)11(16)7-10;3-2(4,5)1(6)7/h5-7,12-13H,18H2,1-4H3;(H,6,7). The lowest BCUT2D eigenvalue weighted by atomic mass is 9.50. The van der Waals surface area contributed by atoms with Crippen LogP contribution in [0.3, 0.4) is 0 Å². The van der Waals surface area contributed by atoms with Crippen LogP contribution in [0.25, 0.3) is 0 Å². The van der Waals surface area contributed by atoms with Crippen LogP contribution in [0.2, 0.25) is 5.02 Å². The Bertz CT molecular complexity index is 711. The fourth-order valence-electron chi connectivity index (χ4n) is 3.25. The van der Waals surface area contributed by atoms with E-state index >= 15 is 0 Å². The van der Waals surface area contributed by atoms with Gasteiger partial charge in [0, 0.05) is 22.9 Å². The van der Waals surface area contributed by atoms with Crippen molar-refractivity contribution in [2.45, 2.75) is 46.0 Å². The summed E-state index contributed by atoms with van der Waals surface area (Å²) in [6.07, 6.45) is -5.06. The Balaban J connectivity index is 0.000000412. The van der Waals surface area contributed by atoms with Gasteiger partial charge in [0.2, 0.25) is 0 Å². The molecule has 0 saturated heterocycles. The van der Waals surface area contributed by atoms with E-state index in [1.165, 1.54) is 0 Å². The second-order valence-electron chi connectivity index (χ2n) is 7.17. The highest BCUT2D eigenvalue weighted by molar-refractivity contribution is 6.31. The first-order chi connectivity index (χ1) is 11.7. The predicted molar refractivity (Wildman–Crippen MR) is 89.8 cm³/mol. The summed E-state index contributed by atoms with van der Waals surface area (Å²) in [4.78, 5) is 8.90. The van der Waals surface area contributed by atoms with Gasteiger partial charge in [-0.2, -0.15) is 18.4 Å². The molecule has 0 amide bonds. The molecule has 0 unspecified atom stereocenters. The van der Waals surface area contributed by atoms with Gasteiger partial charge in [-0.1, -0.05) is 39.3 Å². The summed E-state index contributed by atoms with van der Waals surface area (Å²) in [6.45, 7) is 8.44. The van der Waals surface area contributed by atoms with Gasteiger partial charge < -0.3 is 15.6 Å². The van der Waals surface area contributed by atoms with Crippen molar-refractivity contribution >= 4 is 17.6 Å². The van der Waals surface area contributed by atoms with Crippen molar-refractivity contribution in [2.75, 3.05) is 0 Å². The first kappa shape index (κ1) is 22.1. The number of carboxylic acid groups (broad SMARTS) is 1. The topological polar surface area (TPSA) is 96.3 Å². The van der Waals surface area contributed by atoms with E-state index in [1.54, 1.807) is 18.2 Å². The van der Waals surface area contributed by atoms with Crippen LogP contribution in [-0.2, 0) is 4.79 Å². The Labute approximate surface area is 154 Å². The third-order valence-electron chi connectivity index (χ3n) is 4.51. The smallest absolute Gasteiger partial charge is 0.489 e. The van der Waals surface area contributed by atoms with E-state index < -0.39 is 12.1 Å². The molecule has 0 spiro atoms. The molecule has 3 N–H and O–H groups in total. The number of nitriles is 1. The zero-order valence-corrected chi connectivity index (χ0v) is 15.4. The van der Waals surface area contributed by atoms with Crippen molar-refractivity contribution in [2.24, 2.45) is 16.6 Å². The molecule has 1 aromatic carbocycles. The number of aliphatic carboxylic acids is 1. The number of nitrogens with zero attached hydrogens (tertiary/aromatic N) is 1. The second-order valence-corrected chi connectivity index (χ2v) is 7.58. The monoisotopic (exact) mass is 392 g/mol. The summed E-state index contributed by atoms with van der Waals surface area (Å²) in [7, 11) is 0. The van der Waals surface area contributed by atoms with Crippen molar-refractivity contribution in [3.63, 3.8) is 0 Å². The van der Waals surface area contributed by atoms with Gasteiger partial charge in [0.05, 0.1) is 10.6 Å². The fraction of sp³-hybridized carbons (Fsp3) is 0.529. The Hall–Kier alpha value is -1.98. The summed E-state index contributed by atoms with van der Waals surface area (Å²) >= 11 is 6.02. The van der Waals surface area contributed by atoms with E-state index in [1.807, 2.05) is 6.07 Å². The van der Waals surface area contributed by atoms with Crippen LogP contribution >= 0.6 is 11.6 Å². The van der Waals surface area contributed by atoms with E-state index in [-0.39, 0.29) is 23.0 Å². The quantitative estimate of drug-likeness (QED) is 0.793. The molecule has 26 heavy (non-hydrogen) atoms. The highest BCUT2D eigenvalue weighted by Gasteiger charge is 2.61. The van der Waals surface area contributed by atoms with Gasteiger partial charge >= 0.3 is 12.1 Å². The SMILES string of the molecule is CC1(C)C(N)C(C)(C)C1Oc1ccc(C#N)c(Cl)c1.O=C(O)C(F)(F)F. The number of hydrogen-bond donors (Lipinski definition) is 2.